The number of nitrogens with zero attached hydrogens (tertiary/aromatic N) is 1. The Labute approximate surface area is 95.5 Å². The van der Waals surface area contributed by atoms with Gasteiger partial charge in [-0.15, -0.1) is 0 Å². The van der Waals surface area contributed by atoms with E-state index in [1.807, 2.05) is 0 Å². The Bertz CT molecular complexity index is 374. The van der Waals surface area contributed by atoms with Crippen LogP contribution in [0.25, 0.3) is 0 Å². The molecule has 0 radical (unpaired) electrons. The maximum atomic E-state index is 3.44. The number of aryl methyl sites for hydroxylation is 1. The molecule has 1 aromatic rings. The monoisotopic (exact) mass is 220 g/mol. The molecule has 0 saturated carbocycles. The van der Waals surface area contributed by atoms with Gasteiger partial charge in [0.25, 0.3) is 0 Å². The lowest BCUT2D eigenvalue weighted by atomic mass is 10.1. The van der Waals surface area contributed by atoms with Crippen LogP contribution in [0.5, 0.6) is 0 Å². The van der Waals surface area contributed by atoms with Crippen molar-refractivity contribution in [1.82, 2.24) is 4.41 Å². The van der Waals surface area contributed by atoms with Crippen LogP contribution in [0.15, 0.2) is 29.7 Å². The maximum absolute atomic E-state index is 3.44. The van der Waals surface area contributed by atoms with E-state index < -0.39 is 0 Å². The fraction of sp³-hybridized carbons (Fsp3) is 0.333. The minimum atomic E-state index is 1.05. The number of nitrogens with one attached hydrogen (secondary N) is 1. The van der Waals surface area contributed by atoms with Crippen molar-refractivity contribution in [3.05, 3.63) is 40.8 Å². The van der Waals surface area contributed by atoms with Crippen molar-refractivity contribution in [2.45, 2.75) is 20.3 Å². The largest absolute Gasteiger partial charge is 0.309 e. The summed E-state index contributed by atoms with van der Waals surface area (Å²) in [6, 6.07) is 6.36. The van der Waals surface area contributed by atoms with Crippen LogP contribution in [0.3, 0.4) is 0 Å². The van der Waals surface area contributed by atoms with E-state index in [9.17, 15) is 0 Å². The minimum absolute atomic E-state index is 1.05. The van der Waals surface area contributed by atoms with Gasteiger partial charge in [-0.1, -0.05) is 18.2 Å². The second-order valence-electron chi connectivity index (χ2n) is 3.73. The molecule has 0 aliphatic carbocycles. The lowest BCUT2D eigenvalue weighted by Gasteiger charge is -2.24. The third-order valence-corrected chi connectivity index (χ3v) is 3.48. The first-order valence-electron chi connectivity index (χ1n) is 5.19. The quantitative estimate of drug-likeness (QED) is 0.768. The molecule has 0 spiro atoms. The Balaban J connectivity index is 2.10. The van der Waals surface area contributed by atoms with Gasteiger partial charge in [-0.05, 0) is 54.8 Å². The van der Waals surface area contributed by atoms with E-state index in [0.717, 1.165) is 13.0 Å². The third kappa shape index (κ3) is 2.55. The van der Waals surface area contributed by atoms with Crippen LogP contribution in [0.4, 0.5) is 5.69 Å². The lowest BCUT2D eigenvalue weighted by Crippen LogP contribution is -2.25. The highest BCUT2D eigenvalue weighted by molar-refractivity contribution is 8.00. The number of benzene rings is 1. The SMILES string of the molecule is Cc1cccc(NN2CCC=CS2)c1C. The molecule has 0 unspecified atom stereocenters. The standard InChI is InChI=1S/C12H16N2S/c1-10-6-5-7-12(11(10)2)13-14-8-3-4-9-15-14/h4-7,9,13H,3,8H2,1-2H3. The van der Waals surface area contributed by atoms with Crippen LogP contribution in [0, 0.1) is 13.8 Å². The van der Waals surface area contributed by atoms with Gasteiger partial charge in [0, 0.05) is 6.54 Å². The highest BCUT2D eigenvalue weighted by Gasteiger charge is 2.08. The summed E-state index contributed by atoms with van der Waals surface area (Å²) in [7, 11) is 0. The van der Waals surface area contributed by atoms with Gasteiger partial charge < -0.3 is 5.43 Å². The zero-order chi connectivity index (χ0) is 10.7. The summed E-state index contributed by atoms with van der Waals surface area (Å²) in [6.07, 6.45) is 3.32. The van der Waals surface area contributed by atoms with Gasteiger partial charge in [-0.3, -0.25) is 0 Å². The van der Waals surface area contributed by atoms with Gasteiger partial charge in [-0.25, -0.2) is 0 Å². The second kappa shape index (κ2) is 4.73. The number of anilines is 1. The van der Waals surface area contributed by atoms with Crippen LogP contribution >= 0.6 is 11.9 Å². The topological polar surface area (TPSA) is 15.3 Å². The van der Waals surface area contributed by atoms with Crippen molar-refractivity contribution < 1.29 is 0 Å². The maximum Gasteiger partial charge on any atom is 0.0531 e. The summed E-state index contributed by atoms with van der Waals surface area (Å²) in [5, 5.41) is 2.13. The van der Waals surface area contributed by atoms with Gasteiger partial charge >= 0.3 is 0 Å². The highest BCUT2D eigenvalue weighted by Crippen LogP contribution is 2.23. The predicted octanol–water partition coefficient (Wildman–Crippen LogP) is 3.50. The molecule has 0 fully saturated rings. The van der Waals surface area contributed by atoms with E-state index in [2.05, 4.69) is 53.4 Å². The van der Waals surface area contributed by atoms with E-state index >= 15 is 0 Å². The van der Waals surface area contributed by atoms with Gasteiger partial charge in [0.15, 0.2) is 0 Å². The van der Waals surface area contributed by atoms with Gasteiger partial charge in [0.2, 0.25) is 0 Å². The molecule has 15 heavy (non-hydrogen) atoms. The Morgan fingerprint density at radius 1 is 1.33 bits per heavy atom. The Kier molecular flexibility index (Phi) is 3.34. The first-order chi connectivity index (χ1) is 7.27. The molecule has 1 N–H and O–H groups in total. The number of hydrogen-bond donors (Lipinski definition) is 1. The summed E-state index contributed by atoms with van der Waals surface area (Å²) >= 11 is 1.71. The van der Waals surface area contributed by atoms with Crippen molar-refractivity contribution in [2.24, 2.45) is 0 Å². The molecule has 1 aliphatic heterocycles. The van der Waals surface area contributed by atoms with Crippen LogP contribution in [-0.4, -0.2) is 11.0 Å². The highest BCUT2D eigenvalue weighted by atomic mass is 32.2. The average Bonchev–Trinajstić information content (AvgIpc) is 2.26. The van der Waals surface area contributed by atoms with Crippen LogP contribution in [0.1, 0.15) is 17.5 Å². The molecule has 2 nitrogen and oxygen atoms in total. The fourth-order valence-corrected chi connectivity index (χ4v) is 2.25. The van der Waals surface area contributed by atoms with Crippen LogP contribution in [0.2, 0.25) is 0 Å². The summed E-state index contributed by atoms with van der Waals surface area (Å²) in [5.74, 6) is 0. The Morgan fingerprint density at radius 3 is 2.93 bits per heavy atom. The molecule has 1 aromatic carbocycles. The molecule has 0 aromatic heterocycles. The lowest BCUT2D eigenvalue weighted by molar-refractivity contribution is 0.561. The summed E-state index contributed by atoms with van der Waals surface area (Å²) in [5.41, 5.74) is 7.30. The molecule has 0 amide bonds. The minimum Gasteiger partial charge on any atom is -0.309 e. The zero-order valence-corrected chi connectivity index (χ0v) is 9.97. The molecule has 1 aliphatic rings. The Hall–Kier alpha value is -0.930. The van der Waals surface area contributed by atoms with Crippen molar-refractivity contribution in [3.63, 3.8) is 0 Å². The zero-order valence-electron chi connectivity index (χ0n) is 9.16. The van der Waals surface area contributed by atoms with Crippen molar-refractivity contribution in [1.29, 1.82) is 0 Å². The number of hydrogen-bond acceptors (Lipinski definition) is 3. The molecule has 80 valence electrons. The van der Waals surface area contributed by atoms with E-state index in [0.29, 0.717) is 0 Å². The molecule has 0 atom stereocenters. The second-order valence-corrected chi connectivity index (χ2v) is 4.65. The normalized spacial score (nSPS) is 16.7. The number of hydrazine groups is 1. The average molecular weight is 220 g/mol. The molecular weight excluding hydrogens is 204 g/mol. The molecule has 0 saturated heterocycles. The van der Waals surface area contributed by atoms with E-state index in [-0.39, 0.29) is 0 Å². The number of rotatable bonds is 2. The first-order valence-corrected chi connectivity index (χ1v) is 6.03. The predicted molar refractivity (Wildman–Crippen MR) is 67.6 cm³/mol. The van der Waals surface area contributed by atoms with Crippen LogP contribution in [-0.2, 0) is 0 Å². The third-order valence-electron chi connectivity index (χ3n) is 2.63. The summed E-state index contributed by atoms with van der Waals surface area (Å²) in [4.78, 5) is 0. The molecule has 2 rings (SSSR count). The molecule has 1 heterocycles. The fourth-order valence-electron chi connectivity index (χ4n) is 1.52. The summed E-state index contributed by atoms with van der Waals surface area (Å²) in [6.45, 7) is 5.35. The van der Waals surface area contributed by atoms with Crippen molar-refractivity contribution in [2.75, 3.05) is 12.0 Å². The smallest absolute Gasteiger partial charge is 0.0531 e. The molecule has 3 heteroatoms. The van der Waals surface area contributed by atoms with E-state index in [1.54, 1.807) is 11.9 Å². The van der Waals surface area contributed by atoms with Gasteiger partial charge in [0.05, 0.1) is 5.69 Å². The van der Waals surface area contributed by atoms with Crippen LogP contribution < -0.4 is 5.43 Å². The van der Waals surface area contributed by atoms with E-state index in [4.69, 9.17) is 0 Å². The Morgan fingerprint density at radius 2 is 2.20 bits per heavy atom. The summed E-state index contributed by atoms with van der Waals surface area (Å²) < 4.78 is 2.17. The van der Waals surface area contributed by atoms with Gasteiger partial charge in [-0.2, -0.15) is 4.41 Å². The molecule has 0 bridgehead atoms. The first kappa shape index (κ1) is 10.6. The van der Waals surface area contributed by atoms with Gasteiger partial charge in [0.1, 0.15) is 0 Å². The van der Waals surface area contributed by atoms with Crippen molar-refractivity contribution in [3.8, 4) is 0 Å². The molecular formula is C12H16N2S. The van der Waals surface area contributed by atoms with E-state index in [1.165, 1.54) is 16.8 Å². The van der Waals surface area contributed by atoms with Crippen molar-refractivity contribution >= 4 is 17.6 Å².